The number of nitrogens with two attached hydrogens (primary N) is 1. The zero-order valence-corrected chi connectivity index (χ0v) is 10.2. The summed E-state index contributed by atoms with van der Waals surface area (Å²) in [6.07, 6.45) is 3.79. The first-order valence-electron chi connectivity index (χ1n) is 5.38. The van der Waals surface area contributed by atoms with E-state index in [9.17, 15) is 13.2 Å². The summed E-state index contributed by atoms with van der Waals surface area (Å²) in [5, 5.41) is 2.68. The number of amides is 1. The highest BCUT2D eigenvalue weighted by Crippen LogP contribution is 2.23. The maximum atomic E-state index is 11.6. The highest BCUT2D eigenvalue weighted by molar-refractivity contribution is 7.88. The summed E-state index contributed by atoms with van der Waals surface area (Å²) in [6, 6.07) is -0.0529. The van der Waals surface area contributed by atoms with Crippen LogP contribution in [0.25, 0.3) is 0 Å². The Morgan fingerprint density at radius 2 is 2.06 bits per heavy atom. The molecule has 4 N–H and O–H groups in total. The van der Waals surface area contributed by atoms with Gasteiger partial charge >= 0.3 is 0 Å². The van der Waals surface area contributed by atoms with Crippen LogP contribution in [0.15, 0.2) is 0 Å². The highest BCUT2D eigenvalue weighted by Gasteiger charge is 2.29. The molecular formula is C9H19N3O3S. The van der Waals surface area contributed by atoms with Crippen LogP contribution in [-0.4, -0.2) is 39.7 Å². The van der Waals surface area contributed by atoms with Gasteiger partial charge < -0.3 is 11.1 Å². The van der Waals surface area contributed by atoms with Gasteiger partial charge in [0.1, 0.15) is 0 Å². The van der Waals surface area contributed by atoms with E-state index in [1.165, 1.54) is 0 Å². The van der Waals surface area contributed by atoms with E-state index >= 15 is 0 Å². The van der Waals surface area contributed by atoms with E-state index in [1.54, 1.807) is 0 Å². The maximum Gasteiger partial charge on any atom is 0.224 e. The van der Waals surface area contributed by atoms with Crippen molar-refractivity contribution in [3.05, 3.63) is 0 Å². The van der Waals surface area contributed by atoms with Crippen LogP contribution in [0.4, 0.5) is 0 Å². The van der Waals surface area contributed by atoms with Crippen molar-refractivity contribution in [3.8, 4) is 0 Å². The fourth-order valence-corrected chi connectivity index (χ4v) is 2.34. The van der Waals surface area contributed by atoms with Gasteiger partial charge in [-0.1, -0.05) is 6.42 Å². The van der Waals surface area contributed by atoms with Crippen LogP contribution >= 0.6 is 0 Å². The summed E-state index contributed by atoms with van der Waals surface area (Å²) >= 11 is 0. The van der Waals surface area contributed by atoms with Crippen molar-refractivity contribution in [2.24, 2.45) is 11.7 Å². The van der Waals surface area contributed by atoms with Crippen LogP contribution in [-0.2, 0) is 14.8 Å². The van der Waals surface area contributed by atoms with E-state index in [4.69, 9.17) is 5.73 Å². The molecule has 1 aliphatic carbocycles. The zero-order valence-electron chi connectivity index (χ0n) is 9.40. The Morgan fingerprint density at radius 1 is 1.38 bits per heavy atom. The van der Waals surface area contributed by atoms with E-state index in [-0.39, 0.29) is 24.4 Å². The third-order valence-corrected chi connectivity index (χ3v) is 3.42. The minimum absolute atomic E-state index is 0.0529. The standard InChI is InChI=1S/C9H19N3O3S/c1-16(14,15)12-6-5-11-9(13)7-3-2-4-8(7)10/h7-8,12H,2-6,10H2,1H3,(H,11,13). The van der Waals surface area contributed by atoms with E-state index in [1.807, 2.05) is 0 Å². The van der Waals surface area contributed by atoms with Crippen molar-refractivity contribution in [2.75, 3.05) is 19.3 Å². The first-order chi connectivity index (χ1) is 7.40. The fraction of sp³-hybridized carbons (Fsp3) is 0.889. The maximum absolute atomic E-state index is 11.6. The molecule has 0 spiro atoms. The van der Waals surface area contributed by atoms with E-state index in [0.717, 1.165) is 25.5 Å². The van der Waals surface area contributed by atoms with Crippen molar-refractivity contribution < 1.29 is 13.2 Å². The summed E-state index contributed by atoms with van der Waals surface area (Å²) in [5.41, 5.74) is 5.78. The van der Waals surface area contributed by atoms with Gasteiger partial charge in [-0.15, -0.1) is 0 Å². The largest absolute Gasteiger partial charge is 0.354 e. The molecule has 1 rings (SSSR count). The third-order valence-electron chi connectivity index (χ3n) is 2.69. The number of carbonyl (C=O) groups excluding carboxylic acids is 1. The lowest BCUT2D eigenvalue weighted by atomic mass is 10.0. The number of rotatable bonds is 5. The minimum Gasteiger partial charge on any atom is -0.354 e. The normalized spacial score (nSPS) is 25.6. The molecule has 7 heteroatoms. The van der Waals surface area contributed by atoms with Gasteiger partial charge in [0.2, 0.25) is 15.9 Å². The fourth-order valence-electron chi connectivity index (χ4n) is 1.87. The average molecular weight is 249 g/mol. The summed E-state index contributed by atoms with van der Waals surface area (Å²) in [5.74, 6) is -0.182. The number of hydrogen-bond donors (Lipinski definition) is 3. The van der Waals surface area contributed by atoms with Crippen molar-refractivity contribution in [3.63, 3.8) is 0 Å². The molecule has 1 amide bonds. The first kappa shape index (κ1) is 13.4. The monoisotopic (exact) mass is 249 g/mol. The molecular weight excluding hydrogens is 230 g/mol. The lowest BCUT2D eigenvalue weighted by Crippen LogP contribution is -2.41. The van der Waals surface area contributed by atoms with Crippen LogP contribution in [0.2, 0.25) is 0 Å². The van der Waals surface area contributed by atoms with Gasteiger partial charge in [-0.3, -0.25) is 4.79 Å². The van der Waals surface area contributed by atoms with Crippen molar-refractivity contribution >= 4 is 15.9 Å². The molecule has 0 aromatic rings. The predicted octanol–water partition coefficient (Wildman–Crippen LogP) is -1.22. The number of nitrogens with one attached hydrogen (secondary N) is 2. The quantitative estimate of drug-likeness (QED) is 0.531. The van der Waals surface area contributed by atoms with Crippen LogP contribution in [0.3, 0.4) is 0 Å². The molecule has 0 aromatic carbocycles. The third kappa shape index (κ3) is 4.46. The van der Waals surface area contributed by atoms with Gasteiger partial charge in [0.25, 0.3) is 0 Å². The molecule has 0 saturated heterocycles. The van der Waals surface area contributed by atoms with Crippen LogP contribution < -0.4 is 15.8 Å². The lowest BCUT2D eigenvalue weighted by Gasteiger charge is -2.14. The highest BCUT2D eigenvalue weighted by atomic mass is 32.2. The Bertz CT molecular complexity index is 342. The van der Waals surface area contributed by atoms with Gasteiger partial charge in [0.15, 0.2) is 0 Å². The number of sulfonamides is 1. The number of hydrogen-bond acceptors (Lipinski definition) is 4. The van der Waals surface area contributed by atoms with Crippen LogP contribution in [0, 0.1) is 5.92 Å². The zero-order chi connectivity index (χ0) is 12.2. The first-order valence-corrected chi connectivity index (χ1v) is 7.27. The summed E-state index contributed by atoms with van der Waals surface area (Å²) in [7, 11) is -3.18. The van der Waals surface area contributed by atoms with Crippen LogP contribution in [0.1, 0.15) is 19.3 Å². The molecule has 2 atom stereocenters. The molecule has 1 aliphatic rings. The molecule has 0 heterocycles. The molecule has 94 valence electrons. The second kappa shape index (κ2) is 5.60. The van der Waals surface area contributed by atoms with Crippen molar-refractivity contribution in [1.82, 2.24) is 10.0 Å². The van der Waals surface area contributed by atoms with Gasteiger partial charge in [-0.2, -0.15) is 0 Å². The van der Waals surface area contributed by atoms with Crippen LogP contribution in [0.5, 0.6) is 0 Å². The second-order valence-electron chi connectivity index (χ2n) is 4.16. The van der Waals surface area contributed by atoms with Gasteiger partial charge in [-0.05, 0) is 12.8 Å². The lowest BCUT2D eigenvalue weighted by molar-refractivity contribution is -0.125. The Hall–Kier alpha value is -0.660. The predicted molar refractivity (Wildman–Crippen MR) is 61.2 cm³/mol. The van der Waals surface area contributed by atoms with Crippen molar-refractivity contribution in [1.29, 1.82) is 0 Å². The molecule has 6 nitrogen and oxygen atoms in total. The minimum atomic E-state index is -3.18. The van der Waals surface area contributed by atoms with Crippen molar-refractivity contribution in [2.45, 2.75) is 25.3 Å². The Morgan fingerprint density at radius 3 is 2.56 bits per heavy atom. The van der Waals surface area contributed by atoms with Gasteiger partial charge in [0, 0.05) is 19.1 Å². The van der Waals surface area contributed by atoms with E-state index < -0.39 is 10.0 Å². The van der Waals surface area contributed by atoms with Gasteiger partial charge in [0.05, 0.1) is 12.2 Å². The van der Waals surface area contributed by atoms with E-state index in [0.29, 0.717) is 6.54 Å². The van der Waals surface area contributed by atoms with Gasteiger partial charge in [-0.25, -0.2) is 13.1 Å². The average Bonchev–Trinajstić information content (AvgIpc) is 2.57. The SMILES string of the molecule is CS(=O)(=O)NCCNC(=O)C1CCCC1N. The molecule has 16 heavy (non-hydrogen) atoms. The number of carbonyl (C=O) groups is 1. The molecule has 0 aliphatic heterocycles. The Balaban J connectivity index is 2.20. The second-order valence-corrected chi connectivity index (χ2v) is 5.99. The molecule has 1 fully saturated rings. The Labute approximate surface area is 96.0 Å². The molecule has 0 bridgehead atoms. The molecule has 1 saturated carbocycles. The molecule has 2 unspecified atom stereocenters. The summed E-state index contributed by atoms with van der Waals surface area (Å²) in [4.78, 5) is 11.6. The van der Waals surface area contributed by atoms with E-state index in [2.05, 4.69) is 10.0 Å². The summed E-state index contributed by atoms with van der Waals surface area (Å²) < 4.78 is 23.8. The smallest absolute Gasteiger partial charge is 0.224 e. The topological polar surface area (TPSA) is 101 Å². The molecule has 0 aromatic heterocycles. The Kier molecular flexibility index (Phi) is 4.69. The summed E-state index contributed by atoms with van der Waals surface area (Å²) in [6.45, 7) is 0.516. The molecule has 0 radical (unpaired) electrons.